The Labute approximate surface area is 147 Å². The normalized spacial score (nSPS) is 23.4. The van der Waals surface area contributed by atoms with Gasteiger partial charge in [0.05, 0.1) is 6.10 Å². The standard InChI is InChI=1S/C13H18N6O3S2/c1-6(2)22-12(21)9-7(5-24-13-15-16-17-18(13)3)4-23-11-8(14)10(20)19(9)11/h6,8,11H,4-5,14H2,1-3H3/t8?,11-/m0/s1. The first-order chi connectivity index (χ1) is 11.4. The summed E-state index contributed by atoms with van der Waals surface area (Å²) in [6.07, 6.45) is -0.264. The lowest BCUT2D eigenvalue weighted by Gasteiger charge is -2.48. The Morgan fingerprint density at radius 2 is 2.29 bits per heavy atom. The fourth-order valence-electron chi connectivity index (χ4n) is 2.44. The van der Waals surface area contributed by atoms with Crippen LogP contribution in [0.15, 0.2) is 16.4 Å². The Hall–Kier alpha value is -1.59. The second kappa shape index (κ2) is 6.73. The molecule has 11 heteroatoms. The number of aromatic nitrogens is 4. The molecule has 0 aromatic carbocycles. The van der Waals surface area contributed by atoms with Crippen LogP contribution in [0.25, 0.3) is 0 Å². The molecule has 9 nitrogen and oxygen atoms in total. The summed E-state index contributed by atoms with van der Waals surface area (Å²) >= 11 is 2.97. The monoisotopic (exact) mass is 370 g/mol. The number of β-lactam (4-membered cyclic amide) rings is 1. The molecule has 1 unspecified atom stereocenters. The van der Waals surface area contributed by atoms with Crippen LogP contribution in [0.1, 0.15) is 13.8 Å². The molecular weight excluding hydrogens is 352 g/mol. The SMILES string of the molecule is CC(C)OC(=O)C1=C(CSc2nnnn2C)CS[C@H]2C(N)C(=O)N12. The molecule has 0 bridgehead atoms. The van der Waals surface area contributed by atoms with Gasteiger partial charge in [0.25, 0.3) is 0 Å². The summed E-state index contributed by atoms with van der Waals surface area (Å²) in [7, 11) is 1.74. The Balaban J connectivity index is 1.85. The Kier molecular flexibility index (Phi) is 4.83. The number of ether oxygens (including phenoxy) is 1. The van der Waals surface area contributed by atoms with E-state index < -0.39 is 12.0 Å². The minimum absolute atomic E-state index is 0.197. The van der Waals surface area contributed by atoms with Gasteiger partial charge in [-0.1, -0.05) is 11.8 Å². The van der Waals surface area contributed by atoms with Crippen molar-refractivity contribution in [3.8, 4) is 0 Å². The third-order valence-electron chi connectivity index (χ3n) is 3.58. The molecule has 3 heterocycles. The van der Waals surface area contributed by atoms with Crippen molar-refractivity contribution < 1.29 is 14.3 Å². The minimum atomic E-state index is -0.561. The lowest BCUT2D eigenvalue weighted by Crippen LogP contribution is -2.68. The van der Waals surface area contributed by atoms with E-state index in [-0.39, 0.29) is 17.4 Å². The molecule has 2 atom stereocenters. The average Bonchev–Trinajstić information content (AvgIpc) is 2.95. The number of tetrazole rings is 1. The topological polar surface area (TPSA) is 116 Å². The maximum absolute atomic E-state index is 12.5. The van der Waals surface area contributed by atoms with Crippen LogP contribution >= 0.6 is 23.5 Å². The first kappa shape index (κ1) is 17.2. The lowest BCUT2D eigenvalue weighted by molar-refractivity contribution is -0.152. The molecule has 2 aliphatic heterocycles. The Morgan fingerprint density at radius 1 is 1.54 bits per heavy atom. The van der Waals surface area contributed by atoms with Crippen LogP contribution < -0.4 is 5.73 Å². The second-order valence-corrected chi connectivity index (χ2v) is 7.76. The van der Waals surface area contributed by atoms with E-state index >= 15 is 0 Å². The third-order valence-corrected chi connectivity index (χ3v) is 6.04. The largest absolute Gasteiger partial charge is 0.458 e. The van der Waals surface area contributed by atoms with Crippen molar-refractivity contribution in [3.63, 3.8) is 0 Å². The van der Waals surface area contributed by atoms with Crippen molar-refractivity contribution in [1.29, 1.82) is 0 Å². The molecule has 2 aliphatic rings. The highest BCUT2D eigenvalue weighted by Gasteiger charge is 2.52. The predicted octanol–water partition coefficient (Wildman–Crippen LogP) is -0.250. The lowest BCUT2D eigenvalue weighted by atomic mass is 10.0. The van der Waals surface area contributed by atoms with Crippen molar-refractivity contribution in [2.75, 3.05) is 11.5 Å². The number of hydrogen-bond donors (Lipinski definition) is 1. The van der Waals surface area contributed by atoms with Crippen LogP contribution in [0.2, 0.25) is 0 Å². The molecule has 1 aromatic rings. The van der Waals surface area contributed by atoms with Crippen molar-refractivity contribution >= 4 is 35.4 Å². The molecule has 0 radical (unpaired) electrons. The van der Waals surface area contributed by atoms with Gasteiger partial charge in [0.1, 0.15) is 17.1 Å². The number of rotatable bonds is 5. The number of fused-ring (bicyclic) bond motifs is 1. The van der Waals surface area contributed by atoms with Gasteiger partial charge in [0.2, 0.25) is 11.1 Å². The molecule has 3 rings (SSSR count). The average molecular weight is 370 g/mol. The van der Waals surface area contributed by atoms with E-state index in [2.05, 4.69) is 15.5 Å². The van der Waals surface area contributed by atoms with Gasteiger partial charge in [0.15, 0.2) is 0 Å². The summed E-state index contributed by atoms with van der Waals surface area (Å²) in [6.45, 7) is 3.55. The van der Waals surface area contributed by atoms with Gasteiger partial charge < -0.3 is 10.5 Å². The highest BCUT2D eigenvalue weighted by atomic mass is 32.2. The molecule has 0 aliphatic carbocycles. The zero-order chi connectivity index (χ0) is 17.4. The zero-order valence-corrected chi connectivity index (χ0v) is 15.1. The Bertz CT molecular complexity index is 704. The molecule has 1 saturated heterocycles. The smallest absolute Gasteiger partial charge is 0.355 e. The molecule has 1 fully saturated rings. The zero-order valence-electron chi connectivity index (χ0n) is 13.5. The molecule has 24 heavy (non-hydrogen) atoms. The van der Waals surface area contributed by atoms with E-state index in [4.69, 9.17) is 10.5 Å². The fourth-order valence-corrected chi connectivity index (χ4v) is 4.73. The molecule has 130 valence electrons. The maximum Gasteiger partial charge on any atom is 0.355 e. The first-order valence-corrected chi connectivity index (χ1v) is 9.42. The van der Waals surface area contributed by atoms with Crippen molar-refractivity contribution in [2.45, 2.75) is 36.5 Å². The van der Waals surface area contributed by atoms with E-state index in [0.29, 0.717) is 22.4 Å². The number of thioether (sulfide) groups is 2. The molecule has 0 spiro atoms. The van der Waals surface area contributed by atoms with Crippen molar-refractivity contribution in [3.05, 3.63) is 11.3 Å². The molecule has 0 saturated carbocycles. The van der Waals surface area contributed by atoms with Crippen molar-refractivity contribution in [1.82, 2.24) is 25.1 Å². The first-order valence-electron chi connectivity index (χ1n) is 7.38. The number of nitrogens with zero attached hydrogens (tertiary/aromatic N) is 5. The predicted molar refractivity (Wildman–Crippen MR) is 88.8 cm³/mol. The van der Waals surface area contributed by atoms with Crippen LogP contribution in [-0.2, 0) is 21.4 Å². The summed E-state index contributed by atoms with van der Waals surface area (Å²) in [6, 6.07) is -0.561. The number of hydrogen-bond acceptors (Lipinski definition) is 9. The molecule has 1 amide bonds. The van der Waals surface area contributed by atoms with Crippen LogP contribution in [0.4, 0.5) is 0 Å². The summed E-state index contributed by atoms with van der Waals surface area (Å²) in [5.41, 5.74) is 6.98. The van der Waals surface area contributed by atoms with E-state index in [9.17, 15) is 9.59 Å². The summed E-state index contributed by atoms with van der Waals surface area (Å²) in [5.74, 6) is 0.381. The van der Waals surface area contributed by atoms with E-state index in [1.807, 2.05) is 0 Å². The Morgan fingerprint density at radius 3 is 2.92 bits per heavy atom. The van der Waals surface area contributed by atoms with E-state index in [1.165, 1.54) is 16.7 Å². The number of aryl methyl sites for hydroxylation is 1. The van der Waals surface area contributed by atoms with Crippen LogP contribution in [0, 0.1) is 0 Å². The maximum atomic E-state index is 12.5. The van der Waals surface area contributed by atoms with Gasteiger partial charge in [-0.25, -0.2) is 9.48 Å². The number of carbonyl (C=O) groups is 2. The highest BCUT2D eigenvalue weighted by molar-refractivity contribution is 8.01. The minimum Gasteiger partial charge on any atom is -0.458 e. The molecule has 2 N–H and O–H groups in total. The summed E-state index contributed by atoms with van der Waals surface area (Å²) in [5, 5.41) is 11.7. The highest BCUT2D eigenvalue weighted by Crippen LogP contribution is 2.41. The van der Waals surface area contributed by atoms with Gasteiger partial charge in [0, 0.05) is 18.6 Å². The van der Waals surface area contributed by atoms with Crippen LogP contribution in [0.5, 0.6) is 0 Å². The summed E-state index contributed by atoms with van der Waals surface area (Å²) in [4.78, 5) is 26.1. The quantitative estimate of drug-likeness (QED) is 0.425. The fraction of sp³-hybridized carbons (Fsp3) is 0.615. The molecule has 1 aromatic heterocycles. The molecular formula is C13H18N6O3S2. The number of carbonyl (C=O) groups excluding carboxylic acids is 2. The third kappa shape index (κ3) is 3.03. The van der Waals surface area contributed by atoms with Gasteiger partial charge >= 0.3 is 5.97 Å². The van der Waals surface area contributed by atoms with Crippen LogP contribution in [0.3, 0.4) is 0 Å². The number of amides is 1. The van der Waals surface area contributed by atoms with Crippen molar-refractivity contribution in [2.24, 2.45) is 12.8 Å². The second-order valence-electron chi connectivity index (χ2n) is 5.72. The van der Waals surface area contributed by atoms with Gasteiger partial charge in [-0.2, -0.15) is 0 Å². The number of nitrogens with two attached hydrogens (primary N) is 1. The number of esters is 1. The van der Waals surface area contributed by atoms with Crippen LogP contribution in [-0.4, -0.2) is 66.0 Å². The summed E-state index contributed by atoms with van der Waals surface area (Å²) < 4.78 is 6.88. The van der Waals surface area contributed by atoms with Gasteiger partial charge in [-0.15, -0.1) is 16.9 Å². The van der Waals surface area contributed by atoms with E-state index in [0.717, 1.165) is 5.57 Å². The van der Waals surface area contributed by atoms with Gasteiger partial charge in [-0.3, -0.25) is 9.69 Å². The van der Waals surface area contributed by atoms with Gasteiger partial charge in [-0.05, 0) is 29.8 Å². The van der Waals surface area contributed by atoms with E-state index in [1.54, 1.807) is 37.3 Å².